The van der Waals surface area contributed by atoms with Crippen LogP contribution in [0.3, 0.4) is 0 Å². The van der Waals surface area contributed by atoms with Gasteiger partial charge in [0.15, 0.2) is 0 Å². The van der Waals surface area contributed by atoms with Gasteiger partial charge >= 0.3 is 11.9 Å². The van der Waals surface area contributed by atoms with Gasteiger partial charge in [0.05, 0.1) is 0 Å². The van der Waals surface area contributed by atoms with Crippen LogP contribution in [-0.4, -0.2) is 42.7 Å². The Bertz CT molecular complexity index is 328. The predicted octanol–water partition coefficient (Wildman–Crippen LogP) is 2.13. The monoisotopic (exact) mass is 305 g/mol. The molecular formula is C12H23NO4SSi. The number of carbonyl (C=O) groups excluding carboxylic acids is 1. The Morgan fingerprint density at radius 1 is 1.37 bits per heavy atom. The summed E-state index contributed by atoms with van der Waals surface area (Å²) in [6, 6.07) is 1.27. The van der Waals surface area contributed by atoms with Crippen molar-refractivity contribution in [3.63, 3.8) is 0 Å². The highest BCUT2D eigenvalue weighted by Gasteiger charge is 2.13. The first-order valence-corrected chi connectivity index (χ1v) is 10.9. The maximum Gasteiger partial charge on any atom is 0.349 e. The molecule has 0 radical (unpaired) electrons. The molecule has 0 aromatic carbocycles. The van der Waals surface area contributed by atoms with Gasteiger partial charge in [-0.15, -0.1) is 0 Å². The molecule has 0 bridgehead atoms. The number of hydrogen-bond acceptors (Lipinski definition) is 5. The largest absolute Gasteiger partial charge is 0.478 e. The van der Waals surface area contributed by atoms with Crippen molar-refractivity contribution in [3.05, 3.63) is 12.2 Å². The molecule has 0 aliphatic rings. The van der Waals surface area contributed by atoms with Gasteiger partial charge in [-0.1, -0.05) is 26.6 Å². The first kappa shape index (κ1) is 18.2. The lowest BCUT2D eigenvalue weighted by atomic mass is 10.5. The number of hydroxylamine groups is 1. The van der Waals surface area contributed by atoms with Gasteiger partial charge in [-0.25, -0.2) is 9.59 Å². The van der Waals surface area contributed by atoms with E-state index in [4.69, 9.17) is 5.11 Å². The standard InChI is InChI=1S/C12H23NO4SSi/c1-10(18-7-8-19(2,3)4)9-13-17-12(16)6-5-11(14)15/h5-6,10,13H,7-9H2,1-4H3,(H,14,15)/b6-5-. The van der Waals surface area contributed by atoms with Gasteiger partial charge in [-0.3, -0.25) is 0 Å². The number of carboxylic acids is 1. The van der Waals surface area contributed by atoms with E-state index >= 15 is 0 Å². The first-order chi connectivity index (χ1) is 8.70. The number of rotatable bonds is 9. The molecule has 19 heavy (non-hydrogen) atoms. The zero-order chi connectivity index (χ0) is 14.9. The molecule has 0 heterocycles. The highest BCUT2D eigenvalue weighted by Crippen LogP contribution is 2.17. The van der Waals surface area contributed by atoms with Gasteiger partial charge in [0.1, 0.15) is 0 Å². The van der Waals surface area contributed by atoms with Crippen molar-refractivity contribution >= 4 is 31.8 Å². The van der Waals surface area contributed by atoms with Crippen LogP contribution in [0.5, 0.6) is 0 Å². The van der Waals surface area contributed by atoms with Crippen LogP contribution in [0.4, 0.5) is 0 Å². The molecular weight excluding hydrogens is 282 g/mol. The van der Waals surface area contributed by atoms with Crippen molar-refractivity contribution in [1.29, 1.82) is 0 Å². The van der Waals surface area contributed by atoms with E-state index in [9.17, 15) is 9.59 Å². The van der Waals surface area contributed by atoms with E-state index in [0.29, 0.717) is 11.8 Å². The number of nitrogens with one attached hydrogen (secondary N) is 1. The molecule has 110 valence electrons. The Morgan fingerprint density at radius 3 is 2.53 bits per heavy atom. The molecule has 0 aliphatic heterocycles. The quantitative estimate of drug-likeness (QED) is 0.386. The van der Waals surface area contributed by atoms with E-state index in [1.54, 1.807) is 0 Å². The summed E-state index contributed by atoms with van der Waals surface area (Å²) in [7, 11) is -0.986. The maximum atomic E-state index is 11.0. The van der Waals surface area contributed by atoms with Gasteiger partial charge in [-0.05, 0) is 11.8 Å². The van der Waals surface area contributed by atoms with Gasteiger partial charge in [0.25, 0.3) is 0 Å². The highest BCUT2D eigenvalue weighted by atomic mass is 32.2. The van der Waals surface area contributed by atoms with Gasteiger partial charge in [0, 0.05) is 32.0 Å². The van der Waals surface area contributed by atoms with Crippen molar-refractivity contribution in [2.75, 3.05) is 12.3 Å². The molecule has 1 atom stereocenters. The number of carboxylic acid groups (broad SMARTS) is 1. The van der Waals surface area contributed by atoms with E-state index < -0.39 is 20.0 Å². The minimum atomic E-state index is -1.17. The highest BCUT2D eigenvalue weighted by molar-refractivity contribution is 8.00. The molecule has 5 nitrogen and oxygen atoms in total. The Balaban J connectivity index is 3.66. The van der Waals surface area contributed by atoms with Crippen molar-refractivity contribution in [2.24, 2.45) is 0 Å². The number of aliphatic carboxylic acids is 1. The average Bonchev–Trinajstić information content (AvgIpc) is 2.24. The van der Waals surface area contributed by atoms with Crippen molar-refractivity contribution in [2.45, 2.75) is 37.9 Å². The van der Waals surface area contributed by atoms with Crippen molar-refractivity contribution in [1.82, 2.24) is 5.48 Å². The zero-order valence-corrected chi connectivity index (χ0v) is 13.8. The van der Waals surface area contributed by atoms with E-state index in [2.05, 4.69) is 36.9 Å². The fourth-order valence-electron chi connectivity index (χ4n) is 1.03. The molecule has 2 N–H and O–H groups in total. The van der Waals surface area contributed by atoms with E-state index in [-0.39, 0.29) is 0 Å². The molecule has 0 saturated carbocycles. The van der Waals surface area contributed by atoms with Crippen LogP contribution in [0.2, 0.25) is 25.7 Å². The lowest BCUT2D eigenvalue weighted by Gasteiger charge is -2.17. The number of hydrogen-bond donors (Lipinski definition) is 2. The molecule has 0 amide bonds. The number of thioether (sulfide) groups is 1. The summed E-state index contributed by atoms with van der Waals surface area (Å²) in [5.74, 6) is -0.764. The van der Waals surface area contributed by atoms with Gasteiger partial charge < -0.3 is 9.94 Å². The van der Waals surface area contributed by atoms with E-state index in [1.807, 2.05) is 11.8 Å². The van der Waals surface area contributed by atoms with Crippen LogP contribution >= 0.6 is 11.8 Å². The second-order valence-electron chi connectivity index (χ2n) is 5.43. The Morgan fingerprint density at radius 2 is 2.00 bits per heavy atom. The van der Waals surface area contributed by atoms with Gasteiger partial charge in [-0.2, -0.15) is 17.2 Å². The maximum absolute atomic E-state index is 11.0. The van der Waals surface area contributed by atoms with Crippen LogP contribution in [0, 0.1) is 0 Å². The molecule has 0 aromatic rings. The van der Waals surface area contributed by atoms with E-state index in [1.165, 1.54) is 6.04 Å². The molecule has 0 rings (SSSR count). The van der Waals surface area contributed by atoms with Crippen LogP contribution < -0.4 is 5.48 Å². The fourth-order valence-corrected chi connectivity index (χ4v) is 4.54. The van der Waals surface area contributed by atoms with Gasteiger partial charge in [0.2, 0.25) is 0 Å². The lowest BCUT2D eigenvalue weighted by molar-refractivity contribution is -0.145. The topological polar surface area (TPSA) is 75.6 Å². The minimum Gasteiger partial charge on any atom is -0.478 e. The van der Waals surface area contributed by atoms with Crippen LogP contribution in [-0.2, 0) is 14.4 Å². The fraction of sp³-hybridized carbons (Fsp3) is 0.667. The van der Waals surface area contributed by atoms with Crippen molar-refractivity contribution < 1.29 is 19.5 Å². The smallest absolute Gasteiger partial charge is 0.349 e. The summed E-state index contributed by atoms with van der Waals surface area (Å²) in [6.45, 7) is 9.62. The Kier molecular flexibility index (Phi) is 8.78. The second kappa shape index (κ2) is 9.16. The third-order valence-corrected chi connectivity index (χ3v) is 5.45. The van der Waals surface area contributed by atoms with Crippen LogP contribution in [0.25, 0.3) is 0 Å². The summed E-state index contributed by atoms with van der Waals surface area (Å²) >= 11 is 1.84. The average molecular weight is 305 g/mol. The molecule has 0 saturated heterocycles. The lowest BCUT2D eigenvalue weighted by Crippen LogP contribution is -2.26. The normalized spacial score (nSPS) is 13.5. The summed E-state index contributed by atoms with van der Waals surface area (Å²) in [5, 5.41) is 8.66. The third-order valence-electron chi connectivity index (χ3n) is 2.16. The van der Waals surface area contributed by atoms with Crippen LogP contribution in [0.1, 0.15) is 6.92 Å². The zero-order valence-electron chi connectivity index (χ0n) is 11.9. The molecule has 0 aliphatic carbocycles. The predicted molar refractivity (Wildman–Crippen MR) is 80.9 cm³/mol. The summed E-state index contributed by atoms with van der Waals surface area (Å²) in [6.07, 6.45) is 1.62. The number of carbonyl (C=O) groups is 2. The van der Waals surface area contributed by atoms with Crippen molar-refractivity contribution in [3.8, 4) is 0 Å². The SMILES string of the molecule is CC(CNOC(=O)/C=C\C(=O)O)SCC[Si](C)(C)C. The van der Waals surface area contributed by atoms with Crippen LogP contribution in [0.15, 0.2) is 12.2 Å². The molecule has 1 unspecified atom stereocenters. The third kappa shape index (κ3) is 13.4. The Labute approximate surface area is 119 Å². The molecule has 0 spiro atoms. The molecule has 0 fully saturated rings. The second-order valence-corrected chi connectivity index (χ2v) is 12.6. The summed E-state index contributed by atoms with van der Waals surface area (Å²) in [4.78, 5) is 25.9. The molecule has 0 aromatic heterocycles. The summed E-state index contributed by atoms with van der Waals surface area (Å²) < 4.78 is 0. The molecule has 7 heteroatoms. The van der Waals surface area contributed by atoms with E-state index in [0.717, 1.165) is 17.9 Å². The summed E-state index contributed by atoms with van der Waals surface area (Å²) in [5.41, 5.74) is 2.55. The Hall–Kier alpha value is -0.793. The minimum absolute atomic E-state index is 0.340. The first-order valence-electron chi connectivity index (χ1n) is 6.17.